The Labute approximate surface area is 167 Å². The van der Waals surface area contributed by atoms with Gasteiger partial charge in [-0.25, -0.2) is 0 Å². The van der Waals surface area contributed by atoms with E-state index < -0.39 is 0 Å². The van der Waals surface area contributed by atoms with Crippen molar-refractivity contribution in [1.29, 1.82) is 0 Å². The van der Waals surface area contributed by atoms with Crippen molar-refractivity contribution >= 4 is 17.6 Å². The quantitative estimate of drug-likeness (QED) is 0.589. The number of rotatable bonds is 6. The number of halogens is 1. The largest absolute Gasteiger partial charge is 0.356 e. The minimum absolute atomic E-state index is 0.183. The van der Waals surface area contributed by atoms with Gasteiger partial charge in [0.15, 0.2) is 5.96 Å². The number of guanidine groups is 1. The molecule has 0 aliphatic heterocycles. The van der Waals surface area contributed by atoms with Gasteiger partial charge in [-0.15, -0.1) is 0 Å². The Morgan fingerprint density at radius 1 is 1.37 bits per heavy atom. The number of aromatic nitrogens is 2. The summed E-state index contributed by atoms with van der Waals surface area (Å²) in [6, 6.07) is 8.49. The highest BCUT2D eigenvalue weighted by molar-refractivity contribution is 6.30. The van der Waals surface area contributed by atoms with Crippen LogP contribution >= 0.6 is 11.6 Å². The van der Waals surface area contributed by atoms with Gasteiger partial charge in [-0.2, -0.15) is 5.10 Å². The first-order chi connectivity index (χ1) is 12.8. The molecule has 1 atom stereocenters. The Hall–Kier alpha value is -2.01. The molecule has 1 aliphatic carbocycles. The molecule has 6 heteroatoms. The van der Waals surface area contributed by atoms with Crippen LogP contribution in [0.25, 0.3) is 0 Å². The minimum Gasteiger partial charge on any atom is -0.356 e. The number of benzene rings is 1. The third-order valence-corrected chi connectivity index (χ3v) is 5.90. The lowest BCUT2D eigenvalue weighted by Gasteiger charge is -2.22. The van der Waals surface area contributed by atoms with Crippen molar-refractivity contribution in [3.05, 3.63) is 51.8 Å². The molecule has 1 saturated carbocycles. The SMILES string of the molecule is CN=C(NCC1(c2cccc(Cl)c2)CC1)NC(C)Cc1c(C)nn(C)c1C. The lowest BCUT2D eigenvalue weighted by atomic mass is 9.96. The molecule has 1 aliphatic rings. The number of aryl methyl sites for hydroxylation is 2. The zero-order valence-corrected chi connectivity index (χ0v) is 17.7. The van der Waals surface area contributed by atoms with Crippen LogP contribution in [0, 0.1) is 13.8 Å². The van der Waals surface area contributed by atoms with E-state index in [1.165, 1.54) is 29.7 Å². The predicted octanol–water partition coefficient (Wildman–Crippen LogP) is 3.52. The van der Waals surface area contributed by atoms with E-state index in [4.69, 9.17) is 11.6 Å². The standard InChI is InChI=1S/C21H30ClN5/c1-14(11-19-15(2)26-27(5)16(19)3)25-20(23-4)24-13-21(9-10-21)17-7-6-8-18(22)12-17/h6-8,12,14H,9-11,13H2,1-5H3,(H2,23,24,25). The molecular formula is C21H30ClN5. The van der Waals surface area contributed by atoms with E-state index in [-0.39, 0.29) is 11.5 Å². The summed E-state index contributed by atoms with van der Waals surface area (Å²) >= 11 is 6.18. The molecule has 3 rings (SSSR count). The van der Waals surface area contributed by atoms with Gasteiger partial charge >= 0.3 is 0 Å². The average molecular weight is 388 g/mol. The molecule has 0 amide bonds. The van der Waals surface area contributed by atoms with Crippen LogP contribution in [0.5, 0.6) is 0 Å². The number of nitrogens with one attached hydrogen (secondary N) is 2. The fourth-order valence-corrected chi connectivity index (χ4v) is 3.88. The Bertz CT molecular complexity index is 835. The third kappa shape index (κ3) is 4.46. The van der Waals surface area contributed by atoms with Crippen molar-refractivity contribution < 1.29 is 0 Å². The highest BCUT2D eigenvalue weighted by atomic mass is 35.5. The maximum Gasteiger partial charge on any atom is 0.191 e. The van der Waals surface area contributed by atoms with Gasteiger partial charge in [0, 0.05) is 42.8 Å². The van der Waals surface area contributed by atoms with Crippen molar-refractivity contribution in [3.63, 3.8) is 0 Å². The normalized spacial score (nSPS) is 16.9. The van der Waals surface area contributed by atoms with Gasteiger partial charge in [0.2, 0.25) is 0 Å². The average Bonchev–Trinajstić information content (AvgIpc) is 3.39. The Kier molecular flexibility index (Phi) is 5.80. The second-order valence-corrected chi connectivity index (χ2v) is 8.18. The van der Waals surface area contributed by atoms with E-state index in [0.29, 0.717) is 0 Å². The summed E-state index contributed by atoms with van der Waals surface area (Å²) < 4.78 is 1.95. The van der Waals surface area contributed by atoms with Crippen molar-refractivity contribution in [3.8, 4) is 0 Å². The minimum atomic E-state index is 0.183. The Balaban J connectivity index is 1.58. The fraction of sp³-hybridized carbons (Fsp3) is 0.524. The number of hydrogen-bond donors (Lipinski definition) is 2. The van der Waals surface area contributed by atoms with Crippen LogP contribution in [0.3, 0.4) is 0 Å². The smallest absolute Gasteiger partial charge is 0.191 e. The van der Waals surface area contributed by atoms with Crippen LogP contribution in [0.4, 0.5) is 0 Å². The zero-order chi connectivity index (χ0) is 19.6. The summed E-state index contributed by atoms with van der Waals surface area (Å²) in [5.41, 5.74) is 5.13. The maximum absolute atomic E-state index is 6.18. The van der Waals surface area contributed by atoms with Gasteiger partial charge in [-0.1, -0.05) is 23.7 Å². The lowest BCUT2D eigenvalue weighted by molar-refractivity contribution is 0.607. The number of aliphatic imine (C=N–C) groups is 1. The van der Waals surface area contributed by atoms with Crippen LogP contribution in [0.1, 0.15) is 42.3 Å². The van der Waals surface area contributed by atoms with Gasteiger partial charge in [0.1, 0.15) is 0 Å². The van der Waals surface area contributed by atoms with Gasteiger partial charge in [0.25, 0.3) is 0 Å². The fourth-order valence-electron chi connectivity index (χ4n) is 3.69. The Morgan fingerprint density at radius 3 is 2.67 bits per heavy atom. The lowest BCUT2D eigenvalue weighted by Crippen LogP contribution is -2.45. The van der Waals surface area contributed by atoms with Gasteiger partial charge in [-0.3, -0.25) is 9.67 Å². The molecule has 27 heavy (non-hydrogen) atoms. The van der Waals surface area contributed by atoms with E-state index in [1.807, 2.05) is 30.9 Å². The van der Waals surface area contributed by atoms with E-state index in [2.05, 4.69) is 53.6 Å². The topological polar surface area (TPSA) is 54.2 Å². The number of hydrogen-bond acceptors (Lipinski definition) is 2. The van der Waals surface area contributed by atoms with Crippen LogP contribution in [0.15, 0.2) is 29.3 Å². The van der Waals surface area contributed by atoms with Gasteiger partial charge < -0.3 is 10.6 Å². The van der Waals surface area contributed by atoms with E-state index in [0.717, 1.165) is 29.6 Å². The van der Waals surface area contributed by atoms with Gasteiger partial charge in [0.05, 0.1) is 5.69 Å². The first-order valence-electron chi connectivity index (χ1n) is 9.57. The second-order valence-electron chi connectivity index (χ2n) is 7.74. The molecule has 1 heterocycles. The van der Waals surface area contributed by atoms with E-state index >= 15 is 0 Å². The van der Waals surface area contributed by atoms with Crippen LogP contribution in [0.2, 0.25) is 5.02 Å². The van der Waals surface area contributed by atoms with Gasteiger partial charge in [-0.05, 0) is 63.3 Å². The second kappa shape index (κ2) is 7.93. The molecule has 0 bridgehead atoms. The van der Waals surface area contributed by atoms with Crippen LogP contribution in [-0.2, 0) is 18.9 Å². The molecule has 0 saturated heterocycles. The molecule has 5 nitrogen and oxygen atoms in total. The summed E-state index contributed by atoms with van der Waals surface area (Å²) in [6.45, 7) is 7.24. The van der Waals surface area contributed by atoms with Crippen LogP contribution < -0.4 is 10.6 Å². The maximum atomic E-state index is 6.18. The molecule has 1 aromatic carbocycles. The summed E-state index contributed by atoms with van der Waals surface area (Å²) in [6.07, 6.45) is 3.29. The summed E-state index contributed by atoms with van der Waals surface area (Å²) in [4.78, 5) is 4.41. The van der Waals surface area contributed by atoms with Crippen molar-refractivity contribution in [1.82, 2.24) is 20.4 Å². The summed E-state index contributed by atoms with van der Waals surface area (Å²) in [7, 11) is 3.82. The van der Waals surface area contributed by atoms with Crippen molar-refractivity contribution in [2.24, 2.45) is 12.0 Å². The molecule has 1 aromatic heterocycles. The Morgan fingerprint density at radius 2 is 2.11 bits per heavy atom. The van der Waals surface area contributed by atoms with E-state index in [9.17, 15) is 0 Å². The summed E-state index contributed by atoms with van der Waals surface area (Å²) in [5.74, 6) is 0.843. The molecule has 1 unspecified atom stereocenters. The van der Waals surface area contributed by atoms with Crippen molar-refractivity contribution in [2.75, 3.05) is 13.6 Å². The molecule has 146 valence electrons. The zero-order valence-electron chi connectivity index (χ0n) is 16.9. The monoisotopic (exact) mass is 387 g/mol. The molecule has 0 radical (unpaired) electrons. The molecule has 1 fully saturated rings. The predicted molar refractivity (Wildman–Crippen MR) is 113 cm³/mol. The first-order valence-corrected chi connectivity index (χ1v) is 9.95. The molecule has 2 aromatic rings. The molecule has 2 N–H and O–H groups in total. The first kappa shape index (κ1) is 19.7. The summed E-state index contributed by atoms with van der Waals surface area (Å²) in [5, 5.41) is 12.3. The molecule has 0 spiro atoms. The van der Waals surface area contributed by atoms with E-state index in [1.54, 1.807) is 0 Å². The highest BCUT2D eigenvalue weighted by Gasteiger charge is 2.44. The van der Waals surface area contributed by atoms with Crippen LogP contribution in [-0.4, -0.2) is 35.4 Å². The number of nitrogens with zero attached hydrogens (tertiary/aromatic N) is 3. The molecular weight excluding hydrogens is 358 g/mol. The highest BCUT2D eigenvalue weighted by Crippen LogP contribution is 2.48. The third-order valence-electron chi connectivity index (χ3n) is 5.66. The van der Waals surface area contributed by atoms with Crippen molar-refractivity contribution in [2.45, 2.75) is 51.5 Å².